The van der Waals surface area contributed by atoms with Crippen molar-refractivity contribution >= 4 is 44.7 Å². The number of hydrogen-bond donors (Lipinski definition) is 1. The molecule has 0 radical (unpaired) electrons. The maximum absolute atomic E-state index is 14.5. The lowest BCUT2D eigenvalue weighted by molar-refractivity contribution is -0.121. The number of benzene rings is 2. The number of thiophene rings is 1. The number of fused-ring (bicyclic) bond motifs is 1. The third kappa shape index (κ3) is 4.94. The lowest BCUT2D eigenvalue weighted by Gasteiger charge is -2.10. The van der Waals surface area contributed by atoms with Gasteiger partial charge in [-0.3, -0.25) is 9.78 Å². The molecular weight excluding hydrogens is 427 g/mol. The first-order valence-corrected chi connectivity index (χ1v) is 10.3. The number of rotatable bonds is 7. The van der Waals surface area contributed by atoms with Gasteiger partial charge in [0.1, 0.15) is 12.4 Å². The average Bonchev–Trinajstić information content (AvgIpc) is 3.21. The first kappa shape index (κ1) is 20.3. The van der Waals surface area contributed by atoms with Crippen molar-refractivity contribution in [3.8, 4) is 11.5 Å². The Bertz CT molecular complexity index is 1180. The van der Waals surface area contributed by atoms with E-state index in [9.17, 15) is 9.18 Å². The van der Waals surface area contributed by atoms with E-state index in [-0.39, 0.29) is 24.9 Å². The number of anilines is 1. The number of carbonyl (C=O) groups is 1. The summed E-state index contributed by atoms with van der Waals surface area (Å²) >= 11 is 7.30. The number of halogens is 2. The second kappa shape index (κ2) is 9.21. The molecule has 0 spiro atoms. The van der Waals surface area contributed by atoms with Crippen molar-refractivity contribution in [1.29, 1.82) is 0 Å². The van der Waals surface area contributed by atoms with E-state index in [0.29, 0.717) is 16.5 Å². The molecule has 0 bridgehead atoms. The SMILES string of the molecule is O=C(COCc1ccc(Cl)cc1)Nc1ccc(Oc2ccnc3ccsc23)c(F)c1. The van der Waals surface area contributed by atoms with Crippen LogP contribution >= 0.6 is 22.9 Å². The summed E-state index contributed by atoms with van der Waals surface area (Å²) in [5.74, 6) is -0.378. The minimum absolute atomic E-state index is 0.0629. The highest BCUT2D eigenvalue weighted by molar-refractivity contribution is 7.17. The Labute approximate surface area is 181 Å². The normalized spacial score (nSPS) is 10.9. The van der Waals surface area contributed by atoms with Crippen LogP contribution in [0, 0.1) is 5.82 Å². The van der Waals surface area contributed by atoms with Crippen LogP contribution in [0.1, 0.15) is 5.56 Å². The van der Waals surface area contributed by atoms with Gasteiger partial charge in [-0.15, -0.1) is 11.3 Å². The third-order valence-corrected chi connectivity index (χ3v) is 5.33. The molecule has 4 aromatic rings. The van der Waals surface area contributed by atoms with Crippen molar-refractivity contribution < 1.29 is 18.7 Å². The predicted molar refractivity (Wildman–Crippen MR) is 116 cm³/mol. The van der Waals surface area contributed by atoms with E-state index < -0.39 is 5.82 Å². The maximum Gasteiger partial charge on any atom is 0.250 e. The Morgan fingerprint density at radius 3 is 2.73 bits per heavy atom. The summed E-state index contributed by atoms with van der Waals surface area (Å²) in [6, 6.07) is 15.0. The second-order valence-electron chi connectivity index (χ2n) is 6.36. The van der Waals surface area contributed by atoms with Crippen LogP contribution in [0.15, 0.2) is 66.2 Å². The molecule has 0 saturated carbocycles. The van der Waals surface area contributed by atoms with Crippen LogP contribution < -0.4 is 10.1 Å². The summed E-state index contributed by atoms with van der Waals surface area (Å²) in [5.41, 5.74) is 2.01. The van der Waals surface area contributed by atoms with Crippen LogP contribution in [0.5, 0.6) is 11.5 Å². The Balaban J connectivity index is 1.34. The van der Waals surface area contributed by atoms with E-state index in [1.807, 2.05) is 23.6 Å². The number of amides is 1. The van der Waals surface area contributed by atoms with Gasteiger partial charge in [0, 0.05) is 29.0 Å². The van der Waals surface area contributed by atoms with Crippen LogP contribution in [0.25, 0.3) is 10.2 Å². The minimum atomic E-state index is -0.587. The van der Waals surface area contributed by atoms with Crippen molar-refractivity contribution in [3.05, 3.63) is 82.6 Å². The Hall–Kier alpha value is -3.00. The van der Waals surface area contributed by atoms with E-state index in [0.717, 1.165) is 15.8 Å². The van der Waals surface area contributed by atoms with Gasteiger partial charge in [-0.25, -0.2) is 4.39 Å². The number of nitrogens with one attached hydrogen (secondary N) is 1. The van der Waals surface area contributed by atoms with Gasteiger partial charge in [-0.05, 0) is 41.3 Å². The highest BCUT2D eigenvalue weighted by Gasteiger charge is 2.11. The van der Waals surface area contributed by atoms with Crippen molar-refractivity contribution in [2.75, 3.05) is 11.9 Å². The van der Waals surface area contributed by atoms with Gasteiger partial charge in [0.2, 0.25) is 5.91 Å². The molecular formula is C22H16ClFN2O3S. The summed E-state index contributed by atoms with van der Waals surface area (Å²) in [7, 11) is 0. The van der Waals surface area contributed by atoms with E-state index >= 15 is 0 Å². The maximum atomic E-state index is 14.5. The molecule has 8 heteroatoms. The Morgan fingerprint density at radius 2 is 1.93 bits per heavy atom. The average molecular weight is 443 g/mol. The minimum Gasteiger partial charge on any atom is -0.453 e. The smallest absolute Gasteiger partial charge is 0.250 e. The molecule has 30 heavy (non-hydrogen) atoms. The van der Waals surface area contributed by atoms with Gasteiger partial charge < -0.3 is 14.8 Å². The Morgan fingerprint density at radius 1 is 1.10 bits per heavy atom. The van der Waals surface area contributed by atoms with Gasteiger partial charge in [0.15, 0.2) is 11.6 Å². The van der Waals surface area contributed by atoms with Gasteiger partial charge in [0.05, 0.1) is 16.8 Å². The van der Waals surface area contributed by atoms with Crippen LogP contribution in [-0.2, 0) is 16.1 Å². The van der Waals surface area contributed by atoms with Gasteiger partial charge in [-0.2, -0.15) is 0 Å². The molecule has 0 atom stereocenters. The number of pyridine rings is 1. The molecule has 2 heterocycles. The zero-order valence-electron chi connectivity index (χ0n) is 15.6. The zero-order chi connectivity index (χ0) is 20.9. The summed E-state index contributed by atoms with van der Waals surface area (Å²) in [5, 5.41) is 5.14. The van der Waals surface area contributed by atoms with E-state index in [2.05, 4.69) is 10.3 Å². The largest absolute Gasteiger partial charge is 0.453 e. The van der Waals surface area contributed by atoms with Crippen molar-refractivity contribution in [3.63, 3.8) is 0 Å². The zero-order valence-corrected chi connectivity index (χ0v) is 17.2. The number of ether oxygens (including phenoxy) is 2. The number of carbonyl (C=O) groups excluding carboxylic acids is 1. The van der Waals surface area contributed by atoms with Crippen molar-refractivity contribution in [2.24, 2.45) is 0 Å². The molecule has 0 saturated heterocycles. The van der Waals surface area contributed by atoms with Gasteiger partial charge in [0.25, 0.3) is 0 Å². The van der Waals surface area contributed by atoms with Crippen molar-refractivity contribution in [1.82, 2.24) is 4.98 Å². The van der Waals surface area contributed by atoms with Crippen LogP contribution in [-0.4, -0.2) is 17.5 Å². The number of nitrogens with zero attached hydrogens (tertiary/aromatic N) is 1. The highest BCUT2D eigenvalue weighted by atomic mass is 35.5. The molecule has 0 fully saturated rings. The fraction of sp³-hybridized carbons (Fsp3) is 0.0909. The topological polar surface area (TPSA) is 60.5 Å². The van der Waals surface area contributed by atoms with Gasteiger partial charge in [-0.1, -0.05) is 23.7 Å². The van der Waals surface area contributed by atoms with E-state index in [1.54, 1.807) is 30.5 Å². The molecule has 2 aromatic carbocycles. The van der Waals surface area contributed by atoms with Gasteiger partial charge >= 0.3 is 0 Å². The molecule has 1 amide bonds. The number of hydrogen-bond acceptors (Lipinski definition) is 5. The summed E-state index contributed by atoms with van der Waals surface area (Å²) in [6.07, 6.45) is 1.61. The summed E-state index contributed by atoms with van der Waals surface area (Å²) in [4.78, 5) is 16.3. The lowest BCUT2D eigenvalue weighted by Crippen LogP contribution is -2.18. The highest BCUT2D eigenvalue weighted by Crippen LogP contribution is 2.34. The molecule has 4 rings (SSSR count). The molecule has 0 aliphatic rings. The number of aromatic nitrogens is 1. The molecule has 0 unspecified atom stereocenters. The fourth-order valence-electron chi connectivity index (χ4n) is 2.75. The summed E-state index contributed by atoms with van der Waals surface area (Å²) < 4.78 is 26.4. The van der Waals surface area contributed by atoms with Crippen molar-refractivity contribution in [2.45, 2.75) is 6.61 Å². The fourth-order valence-corrected chi connectivity index (χ4v) is 3.68. The predicted octanol–water partition coefficient (Wildman–Crippen LogP) is 6.04. The molecule has 2 aromatic heterocycles. The lowest BCUT2D eigenvalue weighted by atomic mass is 10.2. The first-order valence-electron chi connectivity index (χ1n) is 9.00. The third-order valence-electron chi connectivity index (χ3n) is 4.16. The molecule has 5 nitrogen and oxygen atoms in total. The molecule has 1 N–H and O–H groups in total. The van der Waals surface area contributed by atoms with Crippen LogP contribution in [0.3, 0.4) is 0 Å². The van der Waals surface area contributed by atoms with Crippen LogP contribution in [0.4, 0.5) is 10.1 Å². The molecule has 152 valence electrons. The van der Waals surface area contributed by atoms with E-state index in [1.165, 1.54) is 23.5 Å². The first-order chi connectivity index (χ1) is 14.6. The molecule has 0 aliphatic carbocycles. The standard InChI is InChI=1S/C22H16ClFN2O3S/c23-15-3-1-14(2-4-15)12-28-13-21(27)26-16-5-6-19(17(24)11-16)29-20-7-9-25-18-8-10-30-22(18)20/h1-11H,12-13H2,(H,26,27). The van der Waals surface area contributed by atoms with Crippen LogP contribution in [0.2, 0.25) is 5.02 Å². The quantitative estimate of drug-likeness (QED) is 0.379. The second-order valence-corrected chi connectivity index (χ2v) is 7.71. The monoisotopic (exact) mass is 442 g/mol. The van der Waals surface area contributed by atoms with E-state index in [4.69, 9.17) is 21.1 Å². The Kier molecular flexibility index (Phi) is 6.23. The summed E-state index contributed by atoms with van der Waals surface area (Å²) in [6.45, 7) is 0.116. The molecule has 0 aliphatic heterocycles.